The first-order valence-electron chi connectivity index (χ1n) is 4.04. The Balaban J connectivity index is 2.41. The van der Waals surface area contributed by atoms with E-state index in [0.29, 0.717) is 23.0 Å². The average molecular weight is 184 g/mol. The lowest BCUT2D eigenvalue weighted by molar-refractivity contribution is -0.102. The maximum absolute atomic E-state index is 10.5. The van der Waals surface area contributed by atoms with Crippen LogP contribution in [0.25, 0.3) is 0 Å². The lowest BCUT2D eigenvalue weighted by Crippen LogP contribution is -2.06. The molecule has 0 atom stereocenters. The van der Waals surface area contributed by atoms with Gasteiger partial charge in [-0.1, -0.05) is 0 Å². The lowest BCUT2D eigenvalue weighted by atomic mass is 10.2. The van der Waals surface area contributed by atoms with Crippen molar-refractivity contribution in [3.8, 4) is 0 Å². The highest BCUT2D eigenvalue weighted by Crippen LogP contribution is 2.23. The molecule has 0 bridgehead atoms. The first-order valence-corrected chi connectivity index (χ1v) is 4.04. The standard InChI is InChI=1S/C9H4N4O/c14-3-7-12-6-2-1-5-8(9(6)13-7)11-4-10-5/h1-4H. The van der Waals surface area contributed by atoms with E-state index in [1.165, 1.54) is 6.34 Å². The molecule has 0 saturated heterocycles. The molecule has 0 aromatic heterocycles. The van der Waals surface area contributed by atoms with Gasteiger partial charge in [0, 0.05) is 0 Å². The molecule has 0 fully saturated rings. The van der Waals surface area contributed by atoms with Gasteiger partial charge in [0.1, 0.15) is 17.7 Å². The summed E-state index contributed by atoms with van der Waals surface area (Å²) < 4.78 is 0. The van der Waals surface area contributed by atoms with Crippen LogP contribution in [0.5, 0.6) is 0 Å². The van der Waals surface area contributed by atoms with Gasteiger partial charge in [-0.25, -0.2) is 20.0 Å². The van der Waals surface area contributed by atoms with Crippen LogP contribution >= 0.6 is 0 Å². The Bertz CT molecular complexity index is 612. The van der Waals surface area contributed by atoms with Crippen molar-refractivity contribution >= 4 is 29.8 Å². The number of carbonyl (C=O) groups is 1. The third-order valence-electron chi connectivity index (χ3n) is 2.06. The smallest absolute Gasteiger partial charge is 0.193 e. The van der Waals surface area contributed by atoms with Crippen LogP contribution in [-0.4, -0.2) is 18.5 Å². The van der Waals surface area contributed by atoms with Crippen LogP contribution in [0.3, 0.4) is 0 Å². The number of carbonyl (C=O) groups excluding carboxylic acids is 1. The molecule has 0 amide bonds. The van der Waals surface area contributed by atoms with Crippen LogP contribution in [-0.2, 0) is 4.79 Å². The molecular weight excluding hydrogens is 180 g/mol. The predicted molar refractivity (Wildman–Crippen MR) is 50.1 cm³/mol. The molecule has 0 saturated carbocycles. The Morgan fingerprint density at radius 2 is 1.93 bits per heavy atom. The van der Waals surface area contributed by atoms with Gasteiger partial charge in [-0.3, -0.25) is 4.79 Å². The molecule has 2 aliphatic heterocycles. The Morgan fingerprint density at radius 1 is 1.07 bits per heavy atom. The maximum atomic E-state index is 10.5. The minimum absolute atomic E-state index is 0.190. The van der Waals surface area contributed by atoms with Crippen LogP contribution in [0.1, 0.15) is 0 Å². The quantitative estimate of drug-likeness (QED) is 0.559. The van der Waals surface area contributed by atoms with E-state index < -0.39 is 0 Å². The fourth-order valence-corrected chi connectivity index (χ4v) is 1.45. The Labute approximate surface area is 78.3 Å². The normalized spacial score (nSPS) is 15.3. The van der Waals surface area contributed by atoms with Gasteiger partial charge in [0.2, 0.25) is 0 Å². The monoisotopic (exact) mass is 184 g/mol. The molecule has 0 N–H and O–H groups in total. The van der Waals surface area contributed by atoms with Crippen molar-refractivity contribution in [3.63, 3.8) is 0 Å². The van der Waals surface area contributed by atoms with E-state index in [2.05, 4.69) is 20.0 Å². The zero-order valence-corrected chi connectivity index (χ0v) is 7.01. The van der Waals surface area contributed by atoms with E-state index in [0.717, 1.165) is 5.36 Å². The summed E-state index contributed by atoms with van der Waals surface area (Å²) in [4.78, 5) is 26.7. The average Bonchev–Trinajstić information content (AvgIpc) is 2.82. The number of benzene rings is 1. The van der Waals surface area contributed by atoms with Crippen molar-refractivity contribution in [1.82, 2.24) is 0 Å². The highest BCUT2D eigenvalue weighted by Gasteiger charge is 2.14. The SMILES string of the molecule is O=CC1=Nc2c3c(ccc2=N1)=NC=N3. The Kier molecular flexibility index (Phi) is 1.25. The van der Waals surface area contributed by atoms with E-state index in [1.54, 1.807) is 6.07 Å². The molecule has 1 aromatic rings. The van der Waals surface area contributed by atoms with Crippen molar-refractivity contribution < 1.29 is 4.79 Å². The fourth-order valence-electron chi connectivity index (χ4n) is 1.45. The molecule has 14 heavy (non-hydrogen) atoms. The summed E-state index contributed by atoms with van der Waals surface area (Å²) in [6.07, 6.45) is 2.10. The molecule has 66 valence electrons. The number of nitrogens with zero attached hydrogens (tertiary/aromatic N) is 4. The van der Waals surface area contributed by atoms with Crippen molar-refractivity contribution in [2.24, 2.45) is 20.0 Å². The topological polar surface area (TPSA) is 66.5 Å². The van der Waals surface area contributed by atoms with Crippen molar-refractivity contribution in [2.45, 2.75) is 0 Å². The number of hydrogen-bond donors (Lipinski definition) is 0. The third-order valence-corrected chi connectivity index (χ3v) is 2.06. The number of hydrogen-bond acceptors (Lipinski definition) is 5. The van der Waals surface area contributed by atoms with Crippen LogP contribution in [0.4, 0.5) is 11.4 Å². The van der Waals surface area contributed by atoms with Crippen molar-refractivity contribution in [1.29, 1.82) is 0 Å². The van der Waals surface area contributed by atoms with E-state index in [1.807, 2.05) is 6.07 Å². The van der Waals surface area contributed by atoms with Crippen LogP contribution < -0.4 is 10.7 Å². The van der Waals surface area contributed by atoms with Gasteiger partial charge in [0.05, 0.1) is 10.7 Å². The van der Waals surface area contributed by atoms with Gasteiger partial charge in [0.15, 0.2) is 12.1 Å². The first-order chi connectivity index (χ1) is 6.88. The van der Waals surface area contributed by atoms with Crippen LogP contribution in [0, 0.1) is 0 Å². The van der Waals surface area contributed by atoms with E-state index in [9.17, 15) is 4.79 Å². The summed E-state index contributed by atoms with van der Waals surface area (Å²) in [5.74, 6) is 0.190. The van der Waals surface area contributed by atoms with E-state index in [-0.39, 0.29) is 5.84 Å². The second-order valence-corrected chi connectivity index (χ2v) is 2.87. The van der Waals surface area contributed by atoms with Crippen molar-refractivity contribution in [3.05, 3.63) is 22.8 Å². The molecule has 2 heterocycles. The van der Waals surface area contributed by atoms with Crippen LogP contribution in [0.2, 0.25) is 0 Å². The summed E-state index contributed by atoms with van der Waals surface area (Å²) in [6, 6.07) is 3.60. The summed E-state index contributed by atoms with van der Waals surface area (Å²) in [6.45, 7) is 0. The van der Waals surface area contributed by atoms with E-state index in [4.69, 9.17) is 0 Å². The van der Waals surface area contributed by atoms with Crippen LogP contribution in [0.15, 0.2) is 32.1 Å². The van der Waals surface area contributed by atoms with Gasteiger partial charge in [-0.2, -0.15) is 0 Å². The van der Waals surface area contributed by atoms with Gasteiger partial charge >= 0.3 is 0 Å². The second-order valence-electron chi connectivity index (χ2n) is 2.87. The first kappa shape index (κ1) is 7.25. The molecule has 5 nitrogen and oxygen atoms in total. The highest BCUT2D eigenvalue weighted by molar-refractivity contribution is 6.29. The van der Waals surface area contributed by atoms with Gasteiger partial charge in [-0.05, 0) is 12.1 Å². The highest BCUT2D eigenvalue weighted by atomic mass is 16.1. The molecule has 1 aromatic carbocycles. The zero-order valence-electron chi connectivity index (χ0n) is 7.01. The fraction of sp³-hybridized carbons (Fsp3) is 0. The summed E-state index contributed by atoms with van der Waals surface area (Å²) in [5, 5.41) is 1.45. The number of fused-ring (bicyclic) bond motifs is 3. The molecular formula is C9H4N4O. The number of aliphatic imine (C=N–C) groups is 2. The maximum Gasteiger partial charge on any atom is 0.193 e. The molecule has 2 aliphatic rings. The number of aldehydes is 1. The lowest BCUT2D eigenvalue weighted by Gasteiger charge is -1.92. The van der Waals surface area contributed by atoms with Gasteiger partial charge < -0.3 is 0 Å². The second kappa shape index (κ2) is 2.41. The summed E-state index contributed by atoms with van der Waals surface area (Å²) >= 11 is 0. The summed E-state index contributed by atoms with van der Waals surface area (Å²) in [7, 11) is 0. The minimum Gasteiger partial charge on any atom is -0.294 e. The minimum atomic E-state index is 0.190. The van der Waals surface area contributed by atoms with E-state index >= 15 is 0 Å². The predicted octanol–water partition coefficient (Wildman–Crippen LogP) is -0.158. The number of amidine groups is 1. The Morgan fingerprint density at radius 3 is 2.79 bits per heavy atom. The molecule has 5 heteroatoms. The molecule has 0 spiro atoms. The number of rotatable bonds is 1. The summed E-state index contributed by atoms with van der Waals surface area (Å²) in [5.41, 5.74) is 1.34. The largest absolute Gasteiger partial charge is 0.294 e. The van der Waals surface area contributed by atoms with Crippen molar-refractivity contribution in [2.75, 3.05) is 0 Å². The molecule has 3 rings (SSSR count). The van der Waals surface area contributed by atoms with Gasteiger partial charge in [0.25, 0.3) is 0 Å². The third kappa shape index (κ3) is 0.806. The zero-order chi connectivity index (χ0) is 9.54. The Hall–Kier alpha value is -2.17. The molecule has 0 unspecified atom stereocenters. The van der Waals surface area contributed by atoms with Gasteiger partial charge in [-0.15, -0.1) is 0 Å². The molecule has 0 radical (unpaired) electrons. The molecule has 0 aliphatic carbocycles.